The normalized spacial score (nSPS) is 33.0. The van der Waals surface area contributed by atoms with Crippen molar-refractivity contribution >= 4 is 11.8 Å². The smallest absolute Gasteiger partial charge is 0.0276 e. The molecular weight excluding hydrogens is 240 g/mol. The Bertz CT molecular complexity index is 243. The van der Waals surface area contributed by atoms with Crippen LogP contribution in [0.3, 0.4) is 0 Å². The fourth-order valence-electron chi connectivity index (χ4n) is 3.77. The highest BCUT2D eigenvalue weighted by Crippen LogP contribution is 2.35. The van der Waals surface area contributed by atoms with Gasteiger partial charge in [-0.1, -0.05) is 13.8 Å². The average Bonchev–Trinajstić information content (AvgIpc) is 2.64. The van der Waals surface area contributed by atoms with E-state index in [1.807, 2.05) is 0 Å². The van der Waals surface area contributed by atoms with Crippen molar-refractivity contribution in [1.29, 1.82) is 0 Å². The van der Waals surface area contributed by atoms with Crippen LogP contribution in [-0.4, -0.2) is 47.6 Å². The van der Waals surface area contributed by atoms with Gasteiger partial charge < -0.3 is 10.2 Å². The maximum absolute atomic E-state index is 3.89. The zero-order chi connectivity index (χ0) is 13.2. The van der Waals surface area contributed by atoms with Gasteiger partial charge in [-0.3, -0.25) is 0 Å². The van der Waals surface area contributed by atoms with Crippen LogP contribution in [0.2, 0.25) is 0 Å². The predicted octanol–water partition coefficient (Wildman–Crippen LogP) is 3.12. The van der Waals surface area contributed by atoms with Crippen LogP contribution in [0.15, 0.2) is 0 Å². The molecule has 2 saturated heterocycles. The van der Waals surface area contributed by atoms with Crippen molar-refractivity contribution in [3.63, 3.8) is 0 Å². The maximum atomic E-state index is 3.89. The summed E-state index contributed by atoms with van der Waals surface area (Å²) in [6.07, 6.45) is 10.4. The molecule has 0 spiro atoms. The minimum absolute atomic E-state index is 0.461. The summed E-state index contributed by atoms with van der Waals surface area (Å²) in [6, 6.07) is 2.48. The summed E-state index contributed by atoms with van der Waals surface area (Å²) in [7, 11) is 2.32. The quantitative estimate of drug-likeness (QED) is 0.798. The second kappa shape index (κ2) is 6.15. The van der Waals surface area contributed by atoms with E-state index in [1.54, 1.807) is 0 Å². The summed E-state index contributed by atoms with van der Waals surface area (Å²) in [5, 5.41) is 3.89. The molecule has 1 N–H and O–H groups in total. The SMILES string of the molecule is CCC(CC)(CNC1CC2CCC(C1)N2C)SC. The largest absolute Gasteiger partial charge is 0.312 e. The summed E-state index contributed by atoms with van der Waals surface area (Å²) in [4.78, 5) is 2.62. The van der Waals surface area contributed by atoms with Gasteiger partial charge in [-0.25, -0.2) is 0 Å². The van der Waals surface area contributed by atoms with E-state index in [9.17, 15) is 0 Å². The lowest BCUT2D eigenvalue weighted by Gasteiger charge is -2.39. The molecule has 2 rings (SSSR count). The zero-order valence-corrected chi connectivity index (χ0v) is 13.4. The summed E-state index contributed by atoms with van der Waals surface area (Å²) in [5.74, 6) is 0. The minimum Gasteiger partial charge on any atom is -0.312 e. The summed E-state index contributed by atoms with van der Waals surface area (Å²) in [5.41, 5.74) is 0. The average molecular weight is 270 g/mol. The molecule has 0 saturated carbocycles. The molecule has 2 atom stereocenters. The van der Waals surface area contributed by atoms with Crippen LogP contribution in [0.1, 0.15) is 52.4 Å². The molecule has 0 aromatic carbocycles. The second-order valence-electron chi connectivity index (χ2n) is 6.19. The Hall–Kier alpha value is 0.270. The molecule has 0 aromatic rings. The van der Waals surface area contributed by atoms with Crippen molar-refractivity contribution in [3.8, 4) is 0 Å². The van der Waals surface area contributed by atoms with Gasteiger partial charge in [0, 0.05) is 29.4 Å². The Kier molecular flexibility index (Phi) is 5.01. The fraction of sp³-hybridized carbons (Fsp3) is 1.00. The second-order valence-corrected chi connectivity index (χ2v) is 7.47. The number of nitrogens with zero attached hydrogens (tertiary/aromatic N) is 1. The van der Waals surface area contributed by atoms with Gasteiger partial charge in [-0.15, -0.1) is 0 Å². The third-order valence-electron chi connectivity index (χ3n) is 5.53. The Morgan fingerprint density at radius 1 is 1.17 bits per heavy atom. The number of thioether (sulfide) groups is 1. The van der Waals surface area contributed by atoms with Crippen molar-refractivity contribution in [3.05, 3.63) is 0 Å². The molecule has 2 fully saturated rings. The van der Waals surface area contributed by atoms with Gasteiger partial charge in [0.2, 0.25) is 0 Å². The van der Waals surface area contributed by atoms with E-state index in [0.29, 0.717) is 4.75 Å². The third kappa shape index (κ3) is 2.88. The molecule has 2 unspecified atom stereocenters. The monoisotopic (exact) mass is 270 g/mol. The Labute approximate surface area is 117 Å². The predicted molar refractivity (Wildman–Crippen MR) is 82.4 cm³/mol. The minimum atomic E-state index is 0.461. The fourth-order valence-corrected chi connectivity index (χ4v) is 4.57. The van der Waals surface area contributed by atoms with Gasteiger partial charge in [0.1, 0.15) is 0 Å². The lowest BCUT2D eigenvalue weighted by Crippen LogP contribution is -2.50. The molecule has 2 nitrogen and oxygen atoms in total. The van der Waals surface area contributed by atoms with Crippen LogP contribution in [0.5, 0.6) is 0 Å². The summed E-state index contributed by atoms with van der Waals surface area (Å²) >= 11 is 2.05. The molecule has 0 radical (unpaired) electrons. The van der Waals surface area contributed by atoms with E-state index in [2.05, 4.69) is 49.1 Å². The summed E-state index contributed by atoms with van der Waals surface area (Å²) < 4.78 is 0.461. The molecular formula is C15H30N2S. The van der Waals surface area contributed by atoms with Crippen molar-refractivity contribution in [2.75, 3.05) is 19.8 Å². The number of nitrogens with one attached hydrogen (secondary N) is 1. The van der Waals surface area contributed by atoms with Crippen LogP contribution >= 0.6 is 11.8 Å². The summed E-state index contributed by atoms with van der Waals surface area (Å²) in [6.45, 7) is 5.86. The molecule has 18 heavy (non-hydrogen) atoms. The highest BCUT2D eigenvalue weighted by atomic mass is 32.2. The number of piperidine rings is 1. The van der Waals surface area contributed by atoms with Crippen LogP contribution in [0, 0.1) is 0 Å². The standard InChI is InChI=1S/C15H30N2S/c1-5-15(6-2,18-4)11-16-12-9-13-7-8-14(10-12)17(13)3/h12-14,16H,5-11H2,1-4H3. The van der Waals surface area contributed by atoms with Crippen LogP contribution in [-0.2, 0) is 0 Å². The molecule has 0 aromatic heterocycles. The lowest BCUT2D eigenvalue weighted by molar-refractivity contribution is 0.147. The highest BCUT2D eigenvalue weighted by molar-refractivity contribution is 8.00. The van der Waals surface area contributed by atoms with Crippen molar-refractivity contribution in [2.45, 2.75) is 75.2 Å². The molecule has 106 valence electrons. The van der Waals surface area contributed by atoms with E-state index in [1.165, 1.54) is 45.1 Å². The van der Waals surface area contributed by atoms with Gasteiger partial charge >= 0.3 is 0 Å². The number of hydrogen-bond acceptors (Lipinski definition) is 3. The molecule has 3 heteroatoms. The first-order valence-electron chi connectivity index (χ1n) is 7.64. The van der Waals surface area contributed by atoms with Crippen LogP contribution in [0.25, 0.3) is 0 Å². The zero-order valence-electron chi connectivity index (χ0n) is 12.5. The third-order valence-corrected chi connectivity index (χ3v) is 7.12. The number of hydrogen-bond donors (Lipinski definition) is 1. The van der Waals surface area contributed by atoms with Crippen LogP contribution < -0.4 is 5.32 Å². The van der Waals surface area contributed by atoms with Crippen molar-refractivity contribution in [1.82, 2.24) is 10.2 Å². The topological polar surface area (TPSA) is 15.3 Å². The molecule has 2 aliphatic heterocycles. The molecule has 2 heterocycles. The van der Waals surface area contributed by atoms with E-state index >= 15 is 0 Å². The van der Waals surface area contributed by atoms with Gasteiger partial charge in [0.25, 0.3) is 0 Å². The van der Waals surface area contributed by atoms with E-state index < -0.39 is 0 Å². The number of rotatable bonds is 6. The van der Waals surface area contributed by atoms with E-state index in [0.717, 1.165) is 18.1 Å². The van der Waals surface area contributed by atoms with Gasteiger partial charge in [-0.05, 0) is 51.8 Å². The van der Waals surface area contributed by atoms with Crippen LogP contribution in [0.4, 0.5) is 0 Å². The maximum Gasteiger partial charge on any atom is 0.0276 e. The lowest BCUT2D eigenvalue weighted by atomic mass is 9.96. The van der Waals surface area contributed by atoms with Gasteiger partial charge in [0.15, 0.2) is 0 Å². The van der Waals surface area contributed by atoms with E-state index in [4.69, 9.17) is 0 Å². The van der Waals surface area contributed by atoms with E-state index in [-0.39, 0.29) is 0 Å². The van der Waals surface area contributed by atoms with Crippen molar-refractivity contribution in [2.24, 2.45) is 0 Å². The Morgan fingerprint density at radius 3 is 2.17 bits per heavy atom. The first-order valence-corrected chi connectivity index (χ1v) is 8.87. The molecule has 0 aliphatic carbocycles. The Balaban J connectivity index is 1.84. The first-order chi connectivity index (χ1) is 8.64. The molecule has 2 aliphatic rings. The number of fused-ring (bicyclic) bond motifs is 2. The molecule has 2 bridgehead atoms. The van der Waals surface area contributed by atoms with Crippen molar-refractivity contribution < 1.29 is 0 Å². The Morgan fingerprint density at radius 2 is 1.72 bits per heavy atom. The highest BCUT2D eigenvalue weighted by Gasteiger charge is 2.38. The van der Waals surface area contributed by atoms with Gasteiger partial charge in [0.05, 0.1) is 0 Å². The first kappa shape index (κ1) is 14.7. The molecule has 0 amide bonds. The van der Waals surface area contributed by atoms with Gasteiger partial charge in [-0.2, -0.15) is 11.8 Å².